The zero-order valence-corrected chi connectivity index (χ0v) is 19.9. The van der Waals surface area contributed by atoms with E-state index in [1.165, 1.54) is 11.8 Å². The minimum atomic E-state index is -0.114. The molecule has 0 bridgehead atoms. The van der Waals surface area contributed by atoms with E-state index in [2.05, 4.69) is 27.6 Å². The molecule has 0 aliphatic carbocycles. The van der Waals surface area contributed by atoms with Crippen LogP contribution in [0.15, 0.2) is 84.0 Å². The molecular formula is C26H26N4O3S. The van der Waals surface area contributed by atoms with Gasteiger partial charge in [-0.1, -0.05) is 42.1 Å². The van der Waals surface area contributed by atoms with E-state index < -0.39 is 0 Å². The SMILES string of the molecule is CCOc1ccc(Oc2ccc(NC(=O)CSc3nnc(C)n3Cc3ccccc3)cc2)cc1. The zero-order chi connectivity index (χ0) is 23.8. The second kappa shape index (κ2) is 11.4. The molecule has 0 saturated heterocycles. The maximum Gasteiger partial charge on any atom is 0.234 e. The van der Waals surface area contributed by atoms with Crippen LogP contribution in [0, 0.1) is 6.92 Å². The van der Waals surface area contributed by atoms with Gasteiger partial charge in [0.25, 0.3) is 0 Å². The monoisotopic (exact) mass is 474 g/mol. The van der Waals surface area contributed by atoms with Crippen LogP contribution in [0.4, 0.5) is 5.69 Å². The highest BCUT2D eigenvalue weighted by Gasteiger charge is 2.12. The van der Waals surface area contributed by atoms with Gasteiger partial charge in [-0.25, -0.2) is 0 Å². The van der Waals surface area contributed by atoms with Crippen molar-refractivity contribution in [3.8, 4) is 17.2 Å². The Labute approximate surface area is 203 Å². The number of anilines is 1. The molecule has 0 aliphatic heterocycles. The topological polar surface area (TPSA) is 78.3 Å². The Morgan fingerprint density at radius 1 is 0.912 bits per heavy atom. The highest BCUT2D eigenvalue weighted by molar-refractivity contribution is 7.99. The third-order valence-electron chi connectivity index (χ3n) is 4.93. The molecule has 1 amide bonds. The molecule has 7 nitrogen and oxygen atoms in total. The summed E-state index contributed by atoms with van der Waals surface area (Å²) in [6.45, 7) is 5.15. The van der Waals surface area contributed by atoms with E-state index in [1.807, 2.05) is 85.1 Å². The van der Waals surface area contributed by atoms with E-state index in [9.17, 15) is 4.79 Å². The van der Waals surface area contributed by atoms with Gasteiger partial charge < -0.3 is 19.4 Å². The first-order valence-corrected chi connectivity index (χ1v) is 12.0. The van der Waals surface area contributed by atoms with Crippen LogP contribution in [0.1, 0.15) is 18.3 Å². The Hall–Kier alpha value is -3.78. The van der Waals surface area contributed by atoms with Gasteiger partial charge in [-0.2, -0.15) is 0 Å². The molecule has 34 heavy (non-hydrogen) atoms. The van der Waals surface area contributed by atoms with Crippen molar-refractivity contribution in [2.75, 3.05) is 17.7 Å². The lowest BCUT2D eigenvalue weighted by molar-refractivity contribution is -0.113. The van der Waals surface area contributed by atoms with Crippen LogP contribution in [0.5, 0.6) is 17.2 Å². The first-order chi connectivity index (χ1) is 16.6. The maximum absolute atomic E-state index is 12.5. The summed E-state index contributed by atoms with van der Waals surface area (Å²) in [5.74, 6) is 3.14. The summed E-state index contributed by atoms with van der Waals surface area (Å²) < 4.78 is 13.3. The molecule has 0 spiro atoms. The molecule has 4 rings (SSSR count). The van der Waals surface area contributed by atoms with Crippen molar-refractivity contribution in [2.45, 2.75) is 25.5 Å². The lowest BCUT2D eigenvalue weighted by atomic mass is 10.2. The molecule has 1 heterocycles. The molecule has 3 aromatic carbocycles. The predicted octanol–water partition coefficient (Wildman–Crippen LogP) is 5.56. The number of hydrogen-bond donors (Lipinski definition) is 1. The van der Waals surface area contributed by atoms with Crippen LogP contribution in [0.2, 0.25) is 0 Å². The number of ether oxygens (including phenoxy) is 2. The quantitative estimate of drug-likeness (QED) is 0.303. The van der Waals surface area contributed by atoms with Crippen molar-refractivity contribution in [3.05, 3.63) is 90.3 Å². The molecule has 0 unspecified atom stereocenters. The van der Waals surface area contributed by atoms with E-state index in [4.69, 9.17) is 9.47 Å². The van der Waals surface area contributed by atoms with Gasteiger partial charge in [-0.3, -0.25) is 4.79 Å². The van der Waals surface area contributed by atoms with E-state index in [0.29, 0.717) is 30.3 Å². The number of rotatable bonds is 10. The van der Waals surface area contributed by atoms with E-state index in [-0.39, 0.29) is 11.7 Å². The molecule has 8 heteroatoms. The smallest absolute Gasteiger partial charge is 0.234 e. The summed E-state index contributed by atoms with van der Waals surface area (Å²) in [5, 5.41) is 12.0. The van der Waals surface area contributed by atoms with Gasteiger partial charge in [0.2, 0.25) is 5.91 Å². The van der Waals surface area contributed by atoms with Crippen LogP contribution < -0.4 is 14.8 Å². The lowest BCUT2D eigenvalue weighted by Crippen LogP contribution is -2.14. The summed E-state index contributed by atoms with van der Waals surface area (Å²) in [6.07, 6.45) is 0. The molecule has 1 N–H and O–H groups in total. The van der Waals surface area contributed by atoms with Crippen molar-refractivity contribution in [1.82, 2.24) is 14.8 Å². The maximum atomic E-state index is 12.5. The number of hydrogen-bond acceptors (Lipinski definition) is 6. The zero-order valence-electron chi connectivity index (χ0n) is 19.1. The molecule has 0 radical (unpaired) electrons. The van der Waals surface area contributed by atoms with Gasteiger partial charge in [0, 0.05) is 5.69 Å². The molecule has 0 fully saturated rings. The number of aryl methyl sites for hydroxylation is 1. The first-order valence-electron chi connectivity index (χ1n) is 11.0. The number of aromatic nitrogens is 3. The Kier molecular flexibility index (Phi) is 7.83. The number of thioether (sulfide) groups is 1. The van der Waals surface area contributed by atoms with Crippen molar-refractivity contribution in [2.24, 2.45) is 0 Å². The summed E-state index contributed by atoms with van der Waals surface area (Å²) >= 11 is 1.37. The largest absolute Gasteiger partial charge is 0.494 e. The second-order valence-electron chi connectivity index (χ2n) is 7.47. The van der Waals surface area contributed by atoms with Gasteiger partial charge in [0.15, 0.2) is 5.16 Å². The van der Waals surface area contributed by atoms with Crippen LogP contribution in [0.25, 0.3) is 0 Å². The van der Waals surface area contributed by atoms with E-state index >= 15 is 0 Å². The third-order valence-corrected chi connectivity index (χ3v) is 5.89. The fourth-order valence-corrected chi connectivity index (χ4v) is 4.04. The number of benzene rings is 3. The summed E-state index contributed by atoms with van der Waals surface area (Å²) in [5.41, 5.74) is 1.86. The molecule has 1 aromatic heterocycles. The Bertz CT molecular complexity index is 1210. The Balaban J connectivity index is 1.29. The standard InChI is InChI=1S/C26H26N4O3S/c1-3-32-22-13-15-24(16-14-22)33-23-11-9-21(10-12-23)27-25(31)18-34-26-29-28-19(2)30(26)17-20-7-5-4-6-8-20/h4-16H,3,17-18H2,1-2H3,(H,27,31). The lowest BCUT2D eigenvalue weighted by Gasteiger charge is -2.10. The van der Waals surface area contributed by atoms with Gasteiger partial charge in [-0.05, 0) is 67.9 Å². The Morgan fingerprint density at radius 3 is 2.24 bits per heavy atom. The highest BCUT2D eigenvalue weighted by Crippen LogP contribution is 2.25. The van der Waals surface area contributed by atoms with E-state index in [0.717, 1.165) is 22.3 Å². The van der Waals surface area contributed by atoms with Crippen molar-refractivity contribution < 1.29 is 14.3 Å². The van der Waals surface area contributed by atoms with Gasteiger partial charge >= 0.3 is 0 Å². The number of amides is 1. The second-order valence-corrected chi connectivity index (χ2v) is 8.41. The fraction of sp³-hybridized carbons (Fsp3) is 0.192. The molecule has 0 atom stereocenters. The Morgan fingerprint density at radius 2 is 1.56 bits per heavy atom. The van der Waals surface area contributed by atoms with Gasteiger partial charge in [-0.15, -0.1) is 10.2 Å². The van der Waals surface area contributed by atoms with Gasteiger partial charge in [0.1, 0.15) is 23.1 Å². The number of carbonyl (C=O) groups is 1. The molecule has 0 saturated carbocycles. The minimum absolute atomic E-state index is 0.114. The molecule has 174 valence electrons. The van der Waals surface area contributed by atoms with Crippen molar-refractivity contribution in [1.29, 1.82) is 0 Å². The molecular weight excluding hydrogens is 448 g/mol. The van der Waals surface area contributed by atoms with Crippen LogP contribution in [-0.4, -0.2) is 33.0 Å². The number of nitrogens with one attached hydrogen (secondary N) is 1. The van der Waals surface area contributed by atoms with E-state index in [1.54, 1.807) is 0 Å². The van der Waals surface area contributed by atoms with Crippen LogP contribution >= 0.6 is 11.8 Å². The summed E-state index contributed by atoms with van der Waals surface area (Å²) in [4.78, 5) is 12.5. The first kappa shape index (κ1) is 23.4. The predicted molar refractivity (Wildman–Crippen MR) is 134 cm³/mol. The third kappa shape index (κ3) is 6.39. The number of carbonyl (C=O) groups excluding carboxylic acids is 1. The molecule has 4 aromatic rings. The van der Waals surface area contributed by atoms with Crippen molar-refractivity contribution >= 4 is 23.4 Å². The number of nitrogens with zero attached hydrogens (tertiary/aromatic N) is 3. The average Bonchev–Trinajstić information content (AvgIpc) is 3.20. The van der Waals surface area contributed by atoms with Crippen molar-refractivity contribution in [3.63, 3.8) is 0 Å². The molecule has 0 aliphatic rings. The summed E-state index contributed by atoms with van der Waals surface area (Å²) in [7, 11) is 0. The fourth-order valence-electron chi connectivity index (χ4n) is 3.26. The minimum Gasteiger partial charge on any atom is -0.494 e. The highest BCUT2D eigenvalue weighted by atomic mass is 32.2. The van der Waals surface area contributed by atoms with Crippen LogP contribution in [-0.2, 0) is 11.3 Å². The normalized spacial score (nSPS) is 10.6. The van der Waals surface area contributed by atoms with Crippen LogP contribution in [0.3, 0.4) is 0 Å². The van der Waals surface area contributed by atoms with Gasteiger partial charge in [0.05, 0.1) is 18.9 Å². The summed E-state index contributed by atoms with van der Waals surface area (Å²) in [6, 6.07) is 24.8. The average molecular weight is 475 g/mol.